The maximum atomic E-state index is 11.1. The van der Waals surface area contributed by atoms with Crippen LogP contribution in [0.3, 0.4) is 0 Å². The first-order valence-corrected chi connectivity index (χ1v) is 11.4. The first-order chi connectivity index (χ1) is 11.7. The van der Waals surface area contributed by atoms with Gasteiger partial charge in [-0.05, 0) is 41.5 Å². The van der Waals surface area contributed by atoms with Gasteiger partial charge in [0.1, 0.15) is 11.2 Å². The molecule has 2 saturated heterocycles. The first kappa shape index (κ1) is 22.9. The van der Waals surface area contributed by atoms with Crippen LogP contribution in [0.2, 0.25) is 0 Å². The number of nitrogens with one attached hydrogen (secondary N) is 2. The average Bonchev–Trinajstić information content (AvgIpc) is 2.27. The number of rotatable bonds is 2. The van der Waals surface area contributed by atoms with Crippen molar-refractivity contribution in [2.24, 2.45) is 0 Å². The Kier molecular flexibility index (Phi) is 7.64. The molecule has 0 unspecified atom stereocenters. The van der Waals surface area contributed by atoms with Crippen molar-refractivity contribution in [2.45, 2.75) is 64.8 Å². The second kappa shape index (κ2) is 8.69. The highest BCUT2D eigenvalue weighted by atomic mass is 32.2. The van der Waals surface area contributed by atoms with Crippen molar-refractivity contribution in [2.75, 3.05) is 23.0 Å². The third-order valence-corrected chi connectivity index (χ3v) is 6.09. The quantitative estimate of drug-likeness (QED) is 0.715. The molecule has 2 fully saturated rings. The van der Waals surface area contributed by atoms with Crippen LogP contribution in [0.4, 0.5) is 9.59 Å². The molecule has 2 N–H and O–H groups in total. The van der Waals surface area contributed by atoms with Gasteiger partial charge in [-0.25, -0.2) is 18.0 Å². The Morgan fingerprint density at radius 3 is 1.50 bits per heavy atom. The number of alkyl carbamates (subject to hydrolysis) is 2. The molecular formula is C16H30N2O6S2. The Morgan fingerprint density at radius 1 is 0.846 bits per heavy atom. The molecule has 2 aliphatic heterocycles. The first-order valence-electron chi connectivity index (χ1n) is 8.42. The lowest BCUT2D eigenvalue weighted by Crippen LogP contribution is -2.53. The summed E-state index contributed by atoms with van der Waals surface area (Å²) in [5.74, 6) is 2.07. The van der Waals surface area contributed by atoms with Crippen molar-refractivity contribution in [3.63, 3.8) is 0 Å². The normalized spacial score (nSPS) is 19.8. The van der Waals surface area contributed by atoms with Crippen LogP contribution in [0.5, 0.6) is 0 Å². The highest BCUT2D eigenvalue weighted by Crippen LogP contribution is 2.18. The maximum absolute atomic E-state index is 11.1. The van der Waals surface area contributed by atoms with E-state index in [9.17, 15) is 18.0 Å². The molecule has 0 aliphatic carbocycles. The number of sulfone groups is 1. The fourth-order valence-corrected chi connectivity index (χ4v) is 3.85. The largest absolute Gasteiger partial charge is 0.444 e. The molecule has 2 aliphatic rings. The number of thioether (sulfide) groups is 1. The molecule has 2 rings (SSSR count). The minimum Gasteiger partial charge on any atom is -0.444 e. The number of hydrogen-bond acceptors (Lipinski definition) is 7. The van der Waals surface area contributed by atoms with Gasteiger partial charge in [-0.15, -0.1) is 0 Å². The van der Waals surface area contributed by atoms with Crippen LogP contribution in [0.25, 0.3) is 0 Å². The van der Waals surface area contributed by atoms with Crippen molar-refractivity contribution in [3.05, 3.63) is 0 Å². The molecular weight excluding hydrogens is 380 g/mol. The van der Waals surface area contributed by atoms with E-state index in [4.69, 9.17) is 9.47 Å². The summed E-state index contributed by atoms with van der Waals surface area (Å²) >= 11 is 1.83. The van der Waals surface area contributed by atoms with E-state index >= 15 is 0 Å². The van der Waals surface area contributed by atoms with Crippen LogP contribution in [0, 0.1) is 0 Å². The summed E-state index contributed by atoms with van der Waals surface area (Å²) in [6, 6.07) is 0.0414. The highest BCUT2D eigenvalue weighted by molar-refractivity contribution is 8.00. The summed E-state index contributed by atoms with van der Waals surface area (Å²) in [7, 11) is -2.89. The fraction of sp³-hybridized carbons (Fsp3) is 0.875. The van der Waals surface area contributed by atoms with Crippen molar-refractivity contribution in [1.82, 2.24) is 10.6 Å². The number of ether oxygens (including phenoxy) is 2. The summed E-state index contributed by atoms with van der Waals surface area (Å²) in [6.45, 7) is 10.9. The molecule has 0 atom stereocenters. The Labute approximate surface area is 160 Å². The zero-order chi connectivity index (χ0) is 20.2. The van der Waals surface area contributed by atoms with Crippen LogP contribution in [0.1, 0.15) is 41.5 Å². The Morgan fingerprint density at radius 2 is 1.23 bits per heavy atom. The standard InChI is InChI=1S/C8H15NO4S.C8H15NO2S/c1-8(2,3)13-7(10)9-6-4-14(11,12)5-6;1-8(2,3)11-7(10)9-6-4-12-5-6/h6H,4-5H2,1-3H3,(H,9,10);6H,4-5H2,1-3H3,(H,9,10). The van der Waals surface area contributed by atoms with E-state index in [1.807, 2.05) is 32.5 Å². The summed E-state index contributed by atoms with van der Waals surface area (Å²) in [5, 5.41) is 5.28. The molecule has 0 aromatic carbocycles. The van der Waals surface area contributed by atoms with Crippen LogP contribution in [-0.4, -0.2) is 66.9 Å². The molecule has 10 heteroatoms. The number of carbonyl (C=O) groups excluding carboxylic acids is 2. The van der Waals surface area contributed by atoms with Gasteiger partial charge in [0.15, 0.2) is 9.84 Å². The summed E-state index contributed by atoms with van der Waals surface area (Å²) in [6.07, 6.45) is -0.856. The van der Waals surface area contributed by atoms with Gasteiger partial charge >= 0.3 is 12.2 Å². The van der Waals surface area contributed by atoms with E-state index in [0.29, 0.717) is 6.04 Å². The van der Waals surface area contributed by atoms with Gasteiger partial charge in [-0.1, -0.05) is 0 Å². The van der Waals surface area contributed by atoms with E-state index in [1.54, 1.807) is 20.8 Å². The third-order valence-electron chi connectivity index (χ3n) is 2.99. The third kappa shape index (κ3) is 10.1. The number of amides is 2. The van der Waals surface area contributed by atoms with E-state index in [-0.39, 0.29) is 29.2 Å². The molecule has 152 valence electrons. The Bertz CT molecular complexity index is 591. The van der Waals surface area contributed by atoms with Crippen LogP contribution >= 0.6 is 11.8 Å². The minimum atomic E-state index is -2.89. The second-order valence-corrected chi connectivity index (χ2v) is 11.5. The lowest BCUT2D eigenvalue weighted by Gasteiger charge is -2.28. The highest BCUT2D eigenvalue weighted by Gasteiger charge is 2.35. The molecule has 2 heterocycles. The van der Waals surface area contributed by atoms with Gasteiger partial charge in [0.05, 0.1) is 23.6 Å². The summed E-state index contributed by atoms with van der Waals surface area (Å²) < 4.78 is 31.6. The minimum absolute atomic E-state index is 0.0201. The van der Waals surface area contributed by atoms with E-state index < -0.39 is 21.5 Å². The molecule has 2 amide bonds. The Hall–Kier alpha value is -1.16. The zero-order valence-corrected chi connectivity index (χ0v) is 17.9. The molecule has 0 saturated carbocycles. The van der Waals surface area contributed by atoms with Gasteiger partial charge in [0.2, 0.25) is 0 Å². The Balaban J connectivity index is 0.000000263. The maximum Gasteiger partial charge on any atom is 0.407 e. The van der Waals surface area contributed by atoms with E-state index in [1.165, 1.54) is 0 Å². The van der Waals surface area contributed by atoms with Crippen LogP contribution in [-0.2, 0) is 19.3 Å². The second-order valence-electron chi connectivity index (χ2n) is 8.30. The fourth-order valence-electron chi connectivity index (χ4n) is 1.92. The van der Waals surface area contributed by atoms with Gasteiger partial charge in [0, 0.05) is 11.5 Å². The average molecular weight is 411 g/mol. The molecule has 0 radical (unpaired) electrons. The number of carbonyl (C=O) groups is 2. The molecule has 8 nitrogen and oxygen atoms in total. The summed E-state index contributed by atoms with van der Waals surface area (Å²) in [4.78, 5) is 22.3. The SMILES string of the molecule is CC(C)(C)OC(=O)NC1CS(=O)(=O)C1.CC(C)(C)OC(=O)NC1CSC1. The lowest BCUT2D eigenvalue weighted by atomic mass is 10.2. The zero-order valence-electron chi connectivity index (χ0n) is 16.2. The predicted octanol–water partition coefficient (Wildman–Crippen LogP) is 1.93. The molecule has 26 heavy (non-hydrogen) atoms. The molecule has 0 bridgehead atoms. The van der Waals surface area contributed by atoms with E-state index in [2.05, 4.69) is 10.6 Å². The number of hydrogen-bond donors (Lipinski definition) is 2. The van der Waals surface area contributed by atoms with Crippen LogP contribution < -0.4 is 10.6 Å². The van der Waals surface area contributed by atoms with Gasteiger partial charge in [-0.2, -0.15) is 11.8 Å². The topological polar surface area (TPSA) is 111 Å². The van der Waals surface area contributed by atoms with Crippen molar-refractivity contribution < 1.29 is 27.5 Å². The molecule has 0 spiro atoms. The van der Waals surface area contributed by atoms with Crippen molar-refractivity contribution >= 4 is 33.8 Å². The lowest BCUT2D eigenvalue weighted by molar-refractivity contribution is 0.0499. The smallest absolute Gasteiger partial charge is 0.407 e. The van der Waals surface area contributed by atoms with Gasteiger partial charge < -0.3 is 20.1 Å². The van der Waals surface area contributed by atoms with Gasteiger partial charge in [-0.3, -0.25) is 0 Å². The van der Waals surface area contributed by atoms with Crippen molar-refractivity contribution in [3.8, 4) is 0 Å². The monoisotopic (exact) mass is 410 g/mol. The molecule has 0 aromatic heterocycles. The van der Waals surface area contributed by atoms with Gasteiger partial charge in [0.25, 0.3) is 0 Å². The van der Waals surface area contributed by atoms with E-state index in [0.717, 1.165) is 11.5 Å². The molecule has 0 aromatic rings. The predicted molar refractivity (Wildman–Crippen MR) is 102 cm³/mol. The van der Waals surface area contributed by atoms with Crippen molar-refractivity contribution in [1.29, 1.82) is 0 Å². The van der Waals surface area contributed by atoms with Crippen LogP contribution in [0.15, 0.2) is 0 Å². The summed E-state index contributed by atoms with van der Waals surface area (Å²) in [5.41, 5.74) is -0.937.